The van der Waals surface area contributed by atoms with Crippen molar-refractivity contribution in [2.45, 2.75) is 0 Å². The van der Waals surface area contributed by atoms with E-state index < -0.39 is 0 Å². The molecular weight excluding hydrogens is 362 g/mol. The second-order valence-electron chi connectivity index (χ2n) is 3.76. The maximum atomic E-state index is 11.9. The molecule has 1 aromatic carbocycles. The number of halogens is 2. The van der Waals surface area contributed by atoms with Gasteiger partial charge in [0.05, 0.1) is 5.02 Å². The maximum Gasteiger partial charge on any atom is 0.257 e. The summed E-state index contributed by atoms with van der Waals surface area (Å²) in [6.07, 6.45) is 1.58. The molecule has 0 saturated carbocycles. The number of hydrogen-bond donors (Lipinski definition) is 2. The highest BCUT2D eigenvalue weighted by Gasteiger charge is 2.09. The first-order valence-electron chi connectivity index (χ1n) is 5.54. The highest BCUT2D eigenvalue weighted by atomic mass is 79.9. The molecule has 1 amide bonds. The van der Waals surface area contributed by atoms with Crippen molar-refractivity contribution < 1.29 is 4.79 Å². The van der Waals surface area contributed by atoms with Crippen molar-refractivity contribution in [3.63, 3.8) is 0 Å². The van der Waals surface area contributed by atoms with E-state index in [1.807, 2.05) is 6.07 Å². The van der Waals surface area contributed by atoms with Crippen LogP contribution in [0, 0.1) is 0 Å². The molecular formula is C13H9BrClN3OS. The van der Waals surface area contributed by atoms with Crippen molar-refractivity contribution in [1.29, 1.82) is 0 Å². The van der Waals surface area contributed by atoms with Crippen LogP contribution in [0.5, 0.6) is 0 Å². The van der Waals surface area contributed by atoms with E-state index in [1.165, 1.54) is 0 Å². The van der Waals surface area contributed by atoms with Gasteiger partial charge in [-0.15, -0.1) is 0 Å². The van der Waals surface area contributed by atoms with Gasteiger partial charge in [0.2, 0.25) is 0 Å². The highest BCUT2D eigenvalue weighted by molar-refractivity contribution is 9.10. The van der Waals surface area contributed by atoms with Crippen molar-refractivity contribution in [2.24, 2.45) is 0 Å². The second-order valence-corrected chi connectivity index (χ2v) is 5.49. The minimum absolute atomic E-state index is 0.135. The second kappa shape index (κ2) is 6.78. The Hall–Kier alpha value is -1.50. The molecule has 0 spiro atoms. The van der Waals surface area contributed by atoms with Crippen LogP contribution in [0.15, 0.2) is 47.1 Å². The number of aromatic nitrogens is 1. The van der Waals surface area contributed by atoms with Gasteiger partial charge in [-0.1, -0.05) is 29.8 Å². The number of pyridine rings is 1. The molecule has 1 aromatic heterocycles. The normalized spacial score (nSPS) is 9.90. The summed E-state index contributed by atoms with van der Waals surface area (Å²) in [5.74, 6) is 0.0876. The number of benzene rings is 1. The predicted octanol–water partition coefficient (Wildman–Crippen LogP) is 3.62. The summed E-state index contributed by atoms with van der Waals surface area (Å²) < 4.78 is 0.757. The largest absolute Gasteiger partial charge is 0.316 e. The van der Waals surface area contributed by atoms with Gasteiger partial charge in [0.1, 0.15) is 0 Å². The average Bonchev–Trinajstić information content (AvgIpc) is 2.43. The SMILES string of the molecule is O=C(NC(=S)Nc1ncc(Br)cc1Cl)c1ccccc1. The Morgan fingerprint density at radius 3 is 2.65 bits per heavy atom. The number of carbonyl (C=O) groups excluding carboxylic acids is 1. The summed E-state index contributed by atoms with van der Waals surface area (Å²) in [6, 6.07) is 10.5. The van der Waals surface area contributed by atoms with Gasteiger partial charge in [0.15, 0.2) is 10.9 Å². The third-order valence-electron chi connectivity index (χ3n) is 2.30. The van der Waals surface area contributed by atoms with E-state index >= 15 is 0 Å². The number of nitrogens with one attached hydrogen (secondary N) is 2. The van der Waals surface area contributed by atoms with Crippen molar-refractivity contribution in [3.05, 3.63) is 57.7 Å². The smallest absolute Gasteiger partial charge is 0.257 e. The summed E-state index contributed by atoms with van der Waals surface area (Å²) in [6.45, 7) is 0. The number of hydrogen-bond acceptors (Lipinski definition) is 3. The Labute approximate surface area is 134 Å². The molecule has 0 aliphatic heterocycles. The molecule has 1 heterocycles. The molecule has 0 fully saturated rings. The van der Waals surface area contributed by atoms with Crippen LogP contribution in [0.4, 0.5) is 5.82 Å². The summed E-state index contributed by atoms with van der Waals surface area (Å²) in [5.41, 5.74) is 0.520. The van der Waals surface area contributed by atoms with Crippen molar-refractivity contribution in [2.75, 3.05) is 5.32 Å². The predicted molar refractivity (Wildman–Crippen MR) is 87.1 cm³/mol. The van der Waals surface area contributed by atoms with Crippen LogP contribution in [0.1, 0.15) is 10.4 Å². The minimum Gasteiger partial charge on any atom is -0.316 e. The fourth-order valence-corrected chi connectivity index (χ4v) is 2.28. The summed E-state index contributed by atoms with van der Waals surface area (Å²) in [4.78, 5) is 16.0. The van der Waals surface area contributed by atoms with Gasteiger partial charge < -0.3 is 5.32 Å². The Morgan fingerprint density at radius 1 is 1.30 bits per heavy atom. The average molecular weight is 371 g/mol. The molecule has 0 atom stereocenters. The van der Waals surface area contributed by atoms with Crippen LogP contribution in [0.3, 0.4) is 0 Å². The van der Waals surface area contributed by atoms with Crippen molar-refractivity contribution in [3.8, 4) is 0 Å². The van der Waals surface area contributed by atoms with Crippen LogP contribution in [-0.4, -0.2) is 16.0 Å². The van der Waals surface area contributed by atoms with E-state index in [-0.39, 0.29) is 11.0 Å². The van der Waals surface area contributed by atoms with Gasteiger partial charge >= 0.3 is 0 Å². The van der Waals surface area contributed by atoms with E-state index in [4.69, 9.17) is 23.8 Å². The lowest BCUT2D eigenvalue weighted by molar-refractivity contribution is 0.0978. The summed E-state index contributed by atoms with van der Waals surface area (Å²) in [5, 5.41) is 5.86. The molecule has 2 rings (SSSR count). The quantitative estimate of drug-likeness (QED) is 0.793. The Kier molecular flexibility index (Phi) is 5.05. The fourth-order valence-electron chi connectivity index (χ4n) is 1.41. The van der Waals surface area contributed by atoms with Crippen molar-refractivity contribution in [1.82, 2.24) is 10.3 Å². The molecule has 2 N–H and O–H groups in total. The lowest BCUT2D eigenvalue weighted by atomic mass is 10.2. The lowest BCUT2D eigenvalue weighted by Crippen LogP contribution is -2.34. The summed E-state index contributed by atoms with van der Waals surface area (Å²) >= 11 is 14.3. The van der Waals surface area contributed by atoms with Gasteiger partial charge in [-0.2, -0.15) is 0 Å². The number of nitrogens with zero attached hydrogens (tertiary/aromatic N) is 1. The fraction of sp³-hybridized carbons (Fsp3) is 0. The van der Waals surface area contributed by atoms with Gasteiger partial charge in [-0.25, -0.2) is 4.98 Å². The molecule has 20 heavy (non-hydrogen) atoms. The summed E-state index contributed by atoms with van der Waals surface area (Å²) in [7, 11) is 0. The number of amides is 1. The first-order valence-corrected chi connectivity index (χ1v) is 7.12. The van der Waals surface area contributed by atoms with Crippen LogP contribution in [-0.2, 0) is 0 Å². The molecule has 4 nitrogen and oxygen atoms in total. The van der Waals surface area contributed by atoms with Gasteiger partial charge in [0, 0.05) is 16.2 Å². The van der Waals surface area contributed by atoms with Crippen LogP contribution < -0.4 is 10.6 Å². The monoisotopic (exact) mass is 369 g/mol. The molecule has 7 heteroatoms. The zero-order chi connectivity index (χ0) is 14.5. The van der Waals surface area contributed by atoms with E-state index in [0.717, 1.165) is 4.47 Å². The zero-order valence-corrected chi connectivity index (χ0v) is 13.2. The highest BCUT2D eigenvalue weighted by Crippen LogP contribution is 2.22. The molecule has 0 saturated heterocycles. The lowest BCUT2D eigenvalue weighted by Gasteiger charge is -2.10. The van der Waals surface area contributed by atoms with Gasteiger partial charge in [0.25, 0.3) is 5.91 Å². The first kappa shape index (κ1) is 14.9. The van der Waals surface area contributed by atoms with Crippen LogP contribution >= 0.6 is 39.7 Å². The molecule has 0 aliphatic carbocycles. The Bertz CT molecular complexity index is 651. The number of thiocarbonyl (C=S) groups is 1. The molecule has 0 radical (unpaired) electrons. The molecule has 0 aliphatic rings. The number of rotatable bonds is 2. The van der Waals surface area contributed by atoms with Crippen molar-refractivity contribution >= 4 is 56.6 Å². The molecule has 0 bridgehead atoms. The van der Waals surface area contributed by atoms with E-state index in [0.29, 0.717) is 16.4 Å². The van der Waals surface area contributed by atoms with Crippen LogP contribution in [0.25, 0.3) is 0 Å². The zero-order valence-electron chi connectivity index (χ0n) is 10.1. The first-order chi connectivity index (χ1) is 9.56. The Balaban J connectivity index is 2.01. The molecule has 2 aromatic rings. The third kappa shape index (κ3) is 4.00. The number of anilines is 1. The molecule has 102 valence electrons. The van der Waals surface area contributed by atoms with E-state index in [9.17, 15) is 4.79 Å². The standard InChI is InChI=1S/C13H9BrClN3OS/c14-9-6-10(15)11(16-7-9)17-13(20)18-12(19)8-4-2-1-3-5-8/h1-7H,(H2,16,17,18,19,20). The molecule has 0 unspecified atom stereocenters. The topological polar surface area (TPSA) is 54.0 Å². The Morgan fingerprint density at radius 2 is 2.00 bits per heavy atom. The van der Waals surface area contributed by atoms with E-state index in [2.05, 4.69) is 31.5 Å². The van der Waals surface area contributed by atoms with Gasteiger partial charge in [-0.05, 0) is 46.3 Å². The maximum absolute atomic E-state index is 11.9. The minimum atomic E-state index is -0.295. The third-order valence-corrected chi connectivity index (χ3v) is 3.23. The van der Waals surface area contributed by atoms with Crippen LogP contribution in [0.2, 0.25) is 5.02 Å². The van der Waals surface area contributed by atoms with E-state index in [1.54, 1.807) is 36.5 Å². The number of carbonyl (C=O) groups is 1. The van der Waals surface area contributed by atoms with Gasteiger partial charge in [-0.3, -0.25) is 10.1 Å².